The molecule has 0 spiro atoms. The van der Waals surface area contributed by atoms with Crippen LogP contribution < -0.4 is 0 Å². The fourth-order valence-corrected chi connectivity index (χ4v) is 1.10. The first-order valence-corrected chi connectivity index (χ1v) is 4.24. The zero-order valence-corrected chi connectivity index (χ0v) is 7.78. The van der Waals surface area contributed by atoms with E-state index in [-0.39, 0.29) is 0 Å². The van der Waals surface area contributed by atoms with Crippen molar-refractivity contribution >= 4 is 5.52 Å². The Morgan fingerprint density at radius 3 is 2.75 bits per heavy atom. The highest BCUT2D eigenvalue weighted by Crippen LogP contribution is 2.05. The van der Waals surface area contributed by atoms with Crippen molar-refractivity contribution < 1.29 is 0 Å². The standard InChI is InChI=1S/C8H8N2.C2H6/c1-7-4-8-5-9-2-3-10(8)6-7;1-2/h2-6H,1H3;1-2H3. The van der Waals surface area contributed by atoms with Gasteiger partial charge in [0, 0.05) is 18.6 Å². The SMILES string of the molecule is CC.Cc1cc2cnccn2c1. The van der Waals surface area contributed by atoms with Crippen molar-refractivity contribution in [2.24, 2.45) is 0 Å². The predicted octanol–water partition coefficient (Wildman–Crippen LogP) is 2.67. The summed E-state index contributed by atoms with van der Waals surface area (Å²) in [5.74, 6) is 0. The average molecular weight is 162 g/mol. The summed E-state index contributed by atoms with van der Waals surface area (Å²) in [7, 11) is 0. The van der Waals surface area contributed by atoms with E-state index in [0.717, 1.165) is 5.52 Å². The van der Waals surface area contributed by atoms with Crippen LogP contribution in [0.5, 0.6) is 0 Å². The Bertz CT molecular complexity index is 316. The maximum absolute atomic E-state index is 4.01. The minimum Gasteiger partial charge on any atom is -0.321 e. The number of rotatable bonds is 0. The third kappa shape index (κ3) is 1.64. The molecule has 0 amide bonds. The Hall–Kier alpha value is -1.31. The van der Waals surface area contributed by atoms with Crippen molar-refractivity contribution in [3.63, 3.8) is 0 Å². The van der Waals surface area contributed by atoms with E-state index < -0.39 is 0 Å². The molecule has 2 heteroatoms. The molecule has 0 radical (unpaired) electrons. The molecule has 0 atom stereocenters. The number of hydrogen-bond acceptors (Lipinski definition) is 1. The highest BCUT2D eigenvalue weighted by Gasteiger charge is 1.91. The van der Waals surface area contributed by atoms with E-state index in [2.05, 4.69) is 28.6 Å². The molecular weight excluding hydrogens is 148 g/mol. The van der Waals surface area contributed by atoms with E-state index in [1.165, 1.54) is 5.56 Å². The van der Waals surface area contributed by atoms with Crippen LogP contribution in [0.3, 0.4) is 0 Å². The molecule has 2 aromatic heterocycles. The number of hydrogen-bond donors (Lipinski definition) is 0. The molecule has 0 aliphatic rings. The van der Waals surface area contributed by atoms with Crippen LogP contribution in [-0.2, 0) is 0 Å². The molecule has 2 nitrogen and oxygen atoms in total. The minimum atomic E-state index is 1.15. The van der Waals surface area contributed by atoms with Gasteiger partial charge >= 0.3 is 0 Å². The molecule has 0 unspecified atom stereocenters. The van der Waals surface area contributed by atoms with Crippen LogP contribution in [0.4, 0.5) is 0 Å². The van der Waals surface area contributed by atoms with E-state index in [1.807, 2.05) is 26.2 Å². The van der Waals surface area contributed by atoms with Gasteiger partial charge < -0.3 is 4.40 Å². The monoisotopic (exact) mass is 162 g/mol. The Morgan fingerprint density at radius 1 is 1.33 bits per heavy atom. The highest BCUT2D eigenvalue weighted by atomic mass is 14.9. The lowest BCUT2D eigenvalue weighted by Crippen LogP contribution is -1.79. The quantitative estimate of drug-likeness (QED) is 0.582. The predicted molar refractivity (Wildman–Crippen MR) is 51.3 cm³/mol. The van der Waals surface area contributed by atoms with Crippen LogP contribution >= 0.6 is 0 Å². The Balaban J connectivity index is 0.000000336. The van der Waals surface area contributed by atoms with Crippen LogP contribution in [-0.4, -0.2) is 9.38 Å². The molecular formula is C10H14N2. The van der Waals surface area contributed by atoms with Gasteiger partial charge in [0.25, 0.3) is 0 Å². The minimum absolute atomic E-state index is 1.15. The van der Waals surface area contributed by atoms with Crippen molar-refractivity contribution in [3.8, 4) is 0 Å². The van der Waals surface area contributed by atoms with Crippen molar-refractivity contribution in [3.05, 3.63) is 36.4 Å². The summed E-state index contributed by atoms with van der Waals surface area (Å²) in [6.07, 6.45) is 7.67. The molecule has 64 valence electrons. The molecule has 0 saturated carbocycles. The summed E-state index contributed by atoms with van der Waals surface area (Å²) in [5, 5.41) is 0. The lowest BCUT2D eigenvalue weighted by Gasteiger charge is -1.88. The number of aromatic nitrogens is 2. The second-order valence-corrected chi connectivity index (χ2v) is 2.43. The number of nitrogens with zero attached hydrogens (tertiary/aromatic N) is 2. The van der Waals surface area contributed by atoms with E-state index in [0.29, 0.717) is 0 Å². The van der Waals surface area contributed by atoms with Gasteiger partial charge in [0.05, 0.1) is 11.7 Å². The first-order chi connectivity index (χ1) is 5.86. The van der Waals surface area contributed by atoms with Gasteiger partial charge in [0.15, 0.2) is 0 Å². The van der Waals surface area contributed by atoms with Crippen LogP contribution in [0.2, 0.25) is 0 Å². The largest absolute Gasteiger partial charge is 0.321 e. The molecule has 2 rings (SSSR count). The number of fused-ring (bicyclic) bond motifs is 1. The summed E-state index contributed by atoms with van der Waals surface area (Å²) >= 11 is 0. The third-order valence-corrected chi connectivity index (χ3v) is 1.54. The Labute approximate surface area is 72.9 Å². The molecule has 0 aliphatic heterocycles. The molecule has 2 heterocycles. The van der Waals surface area contributed by atoms with Crippen LogP contribution in [0, 0.1) is 6.92 Å². The summed E-state index contributed by atoms with van der Waals surface area (Å²) < 4.78 is 2.06. The van der Waals surface area contributed by atoms with Gasteiger partial charge in [-0.1, -0.05) is 13.8 Å². The fraction of sp³-hybridized carbons (Fsp3) is 0.300. The second-order valence-electron chi connectivity index (χ2n) is 2.43. The maximum atomic E-state index is 4.01. The Morgan fingerprint density at radius 2 is 2.08 bits per heavy atom. The fourth-order valence-electron chi connectivity index (χ4n) is 1.10. The van der Waals surface area contributed by atoms with Gasteiger partial charge in [-0.15, -0.1) is 0 Å². The molecule has 0 N–H and O–H groups in total. The first-order valence-electron chi connectivity index (χ1n) is 4.24. The van der Waals surface area contributed by atoms with Crippen LogP contribution in [0.15, 0.2) is 30.9 Å². The lowest BCUT2D eigenvalue weighted by atomic mass is 10.4. The molecule has 0 saturated heterocycles. The number of aryl methyl sites for hydroxylation is 1. The van der Waals surface area contributed by atoms with Gasteiger partial charge in [-0.3, -0.25) is 4.98 Å². The molecule has 0 bridgehead atoms. The van der Waals surface area contributed by atoms with E-state index in [4.69, 9.17) is 0 Å². The first kappa shape index (κ1) is 8.78. The molecule has 12 heavy (non-hydrogen) atoms. The van der Waals surface area contributed by atoms with Gasteiger partial charge in [-0.2, -0.15) is 0 Å². The van der Waals surface area contributed by atoms with Crippen molar-refractivity contribution in [1.29, 1.82) is 0 Å². The lowest BCUT2D eigenvalue weighted by molar-refractivity contribution is 1.13. The third-order valence-electron chi connectivity index (χ3n) is 1.54. The van der Waals surface area contributed by atoms with Gasteiger partial charge in [-0.05, 0) is 18.6 Å². The van der Waals surface area contributed by atoms with E-state index >= 15 is 0 Å². The van der Waals surface area contributed by atoms with E-state index in [9.17, 15) is 0 Å². The van der Waals surface area contributed by atoms with Crippen molar-refractivity contribution in [2.45, 2.75) is 20.8 Å². The van der Waals surface area contributed by atoms with Crippen molar-refractivity contribution in [1.82, 2.24) is 9.38 Å². The second kappa shape index (κ2) is 3.90. The van der Waals surface area contributed by atoms with Crippen molar-refractivity contribution in [2.75, 3.05) is 0 Å². The summed E-state index contributed by atoms with van der Waals surface area (Å²) in [6.45, 7) is 6.08. The van der Waals surface area contributed by atoms with Crippen LogP contribution in [0.1, 0.15) is 19.4 Å². The zero-order valence-electron chi connectivity index (χ0n) is 7.78. The molecule has 0 fully saturated rings. The maximum Gasteiger partial charge on any atom is 0.0636 e. The van der Waals surface area contributed by atoms with Gasteiger partial charge in [-0.25, -0.2) is 0 Å². The summed E-state index contributed by atoms with van der Waals surface area (Å²) in [4.78, 5) is 4.01. The average Bonchev–Trinajstić information content (AvgIpc) is 2.48. The molecule has 0 aromatic carbocycles. The van der Waals surface area contributed by atoms with Gasteiger partial charge in [0.2, 0.25) is 0 Å². The summed E-state index contributed by atoms with van der Waals surface area (Å²) in [5.41, 5.74) is 2.42. The van der Waals surface area contributed by atoms with Crippen LogP contribution in [0.25, 0.3) is 5.52 Å². The topological polar surface area (TPSA) is 17.3 Å². The van der Waals surface area contributed by atoms with Gasteiger partial charge in [0.1, 0.15) is 0 Å². The smallest absolute Gasteiger partial charge is 0.0636 e. The summed E-state index contributed by atoms with van der Waals surface area (Å²) in [6, 6.07) is 2.10. The normalized spacial score (nSPS) is 9.25. The highest BCUT2D eigenvalue weighted by molar-refractivity contribution is 5.47. The molecule has 2 aromatic rings. The Kier molecular flexibility index (Phi) is 2.86. The van der Waals surface area contributed by atoms with E-state index in [1.54, 1.807) is 6.20 Å². The zero-order chi connectivity index (χ0) is 8.97. The molecule has 0 aliphatic carbocycles.